The molecule has 0 spiro atoms. The molecule has 3 N–H and O–H groups in total. The number of rotatable bonds is 4. The summed E-state index contributed by atoms with van der Waals surface area (Å²) in [5.41, 5.74) is 10.3. The molecule has 6 rings (SSSR count). The molecule has 0 radical (unpaired) electrons. The van der Waals surface area contributed by atoms with Crippen LogP contribution >= 0.6 is 0 Å². The topological polar surface area (TPSA) is 104 Å². The summed E-state index contributed by atoms with van der Waals surface area (Å²) in [6.45, 7) is 9.17. The third kappa shape index (κ3) is 5.35. The average Bonchev–Trinajstić information content (AvgIpc) is 3.18. The van der Waals surface area contributed by atoms with Crippen LogP contribution in [0.1, 0.15) is 32.4 Å². The SMILES string of the molecule is CC1(C)CN(CC#Cc2cc(N3C4CCC3CN(c3cc(-c5ccccc5O)nnc3N)C4)ccn2)CCO1. The van der Waals surface area contributed by atoms with Crippen molar-refractivity contribution in [3.05, 3.63) is 54.4 Å². The molecule has 2 atom stereocenters. The van der Waals surface area contributed by atoms with E-state index in [2.05, 4.69) is 67.7 Å². The maximum Gasteiger partial charge on any atom is 0.169 e. The fourth-order valence-electron chi connectivity index (χ4n) is 6.13. The van der Waals surface area contributed by atoms with Crippen LogP contribution in [0.4, 0.5) is 17.2 Å². The highest BCUT2D eigenvalue weighted by Gasteiger charge is 2.40. The summed E-state index contributed by atoms with van der Waals surface area (Å²) in [4.78, 5) is 11.7. The van der Waals surface area contributed by atoms with Gasteiger partial charge in [-0.25, -0.2) is 4.98 Å². The predicted molar refractivity (Wildman–Crippen MR) is 153 cm³/mol. The van der Waals surface area contributed by atoms with Crippen LogP contribution in [0, 0.1) is 11.8 Å². The molecule has 3 saturated heterocycles. The second-order valence-electron chi connectivity index (χ2n) is 11.2. The molecule has 2 unspecified atom stereocenters. The molecule has 3 aliphatic heterocycles. The number of phenols is 1. The number of hydrogen-bond acceptors (Lipinski definition) is 9. The van der Waals surface area contributed by atoms with Gasteiger partial charge in [-0.3, -0.25) is 4.90 Å². The molecule has 2 bridgehead atoms. The first-order valence-corrected chi connectivity index (χ1v) is 13.6. The summed E-state index contributed by atoms with van der Waals surface area (Å²) in [5.74, 6) is 7.19. The number of nitrogens with zero attached hydrogens (tertiary/aromatic N) is 6. The zero-order chi connectivity index (χ0) is 27.0. The number of nitrogen functional groups attached to an aromatic ring is 1. The molecule has 2 aromatic heterocycles. The van der Waals surface area contributed by atoms with Crippen LogP contribution in [-0.4, -0.2) is 82.2 Å². The first-order valence-electron chi connectivity index (χ1n) is 13.6. The number of aromatic hydroxyl groups is 1. The van der Waals surface area contributed by atoms with Gasteiger partial charge in [-0.2, -0.15) is 0 Å². The Kier molecular flexibility index (Phi) is 6.75. The van der Waals surface area contributed by atoms with E-state index in [0.717, 1.165) is 57.0 Å². The number of fused-ring (bicyclic) bond motifs is 2. The molecule has 3 aliphatic rings. The van der Waals surface area contributed by atoms with Crippen molar-refractivity contribution >= 4 is 17.2 Å². The third-order valence-electron chi connectivity index (χ3n) is 7.87. The molecule has 1 aromatic carbocycles. The van der Waals surface area contributed by atoms with E-state index < -0.39 is 0 Å². The number of benzene rings is 1. The summed E-state index contributed by atoms with van der Waals surface area (Å²) in [7, 11) is 0. The zero-order valence-electron chi connectivity index (χ0n) is 22.5. The monoisotopic (exact) mass is 525 g/mol. The molecule has 9 nitrogen and oxygen atoms in total. The van der Waals surface area contributed by atoms with E-state index >= 15 is 0 Å². The van der Waals surface area contributed by atoms with Gasteiger partial charge in [0.05, 0.1) is 30.1 Å². The van der Waals surface area contributed by atoms with Crippen molar-refractivity contribution in [2.75, 3.05) is 54.9 Å². The van der Waals surface area contributed by atoms with Crippen LogP contribution in [0.25, 0.3) is 11.3 Å². The number of ether oxygens (including phenoxy) is 1. The Morgan fingerprint density at radius 2 is 1.90 bits per heavy atom. The highest BCUT2D eigenvalue weighted by atomic mass is 16.5. The van der Waals surface area contributed by atoms with Crippen molar-refractivity contribution in [2.45, 2.75) is 44.4 Å². The van der Waals surface area contributed by atoms with Crippen LogP contribution in [-0.2, 0) is 4.74 Å². The second-order valence-corrected chi connectivity index (χ2v) is 11.2. The lowest BCUT2D eigenvalue weighted by molar-refractivity contribution is -0.0824. The fourth-order valence-corrected chi connectivity index (χ4v) is 6.13. The number of pyridine rings is 1. The number of phenolic OH excluding ortho intramolecular Hbond substituents is 1. The Bertz CT molecular complexity index is 1400. The van der Waals surface area contributed by atoms with E-state index in [0.29, 0.717) is 35.7 Å². The lowest BCUT2D eigenvalue weighted by Crippen LogP contribution is -2.54. The van der Waals surface area contributed by atoms with E-state index in [1.165, 1.54) is 5.69 Å². The molecular weight excluding hydrogens is 490 g/mol. The minimum atomic E-state index is -0.124. The number of aromatic nitrogens is 3. The van der Waals surface area contributed by atoms with Crippen molar-refractivity contribution in [3.8, 4) is 28.8 Å². The first kappa shape index (κ1) is 25.4. The fraction of sp³-hybridized carbons (Fsp3) is 0.433. The predicted octanol–water partition coefficient (Wildman–Crippen LogP) is 3.15. The van der Waals surface area contributed by atoms with E-state index in [9.17, 15) is 5.11 Å². The Morgan fingerprint density at radius 1 is 1.10 bits per heavy atom. The molecule has 202 valence electrons. The highest BCUT2D eigenvalue weighted by Crippen LogP contribution is 2.39. The number of nitrogens with two attached hydrogens (primary N) is 1. The van der Waals surface area contributed by atoms with Gasteiger partial charge in [-0.1, -0.05) is 18.1 Å². The molecular formula is C30H35N7O2. The summed E-state index contributed by atoms with van der Waals surface area (Å²) in [6, 6.07) is 14.0. The molecule has 0 amide bonds. The zero-order valence-corrected chi connectivity index (χ0v) is 22.5. The summed E-state index contributed by atoms with van der Waals surface area (Å²) >= 11 is 0. The molecule has 3 fully saturated rings. The van der Waals surface area contributed by atoms with E-state index in [1.807, 2.05) is 24.4 Å². The summed E-state index contributed by atoms with van der Waals surface area (Å²) in [5, 5.41) is 18.8. The highest BCUT2D eigenvalue weighted by molar-refractivity contribution is 5.74. The standard InChI is InChI=1S/C30H35N7O2/c1-30(2)20-35(14-15-39-30)13-5-6-21-16-22(11-12-32-21)37-23-9-10-24(37)19-36(18-23)27-17-26(33-34-29(27)31)25-7-3-4-8-28(25)38/h3-4,7-8,11-12,16-17,23-24,38H,9-10,13-15,18-20H2,1-2H3,(H2,31,34). The van der Waals surface area contributed by atoms with Gasteiger partial charge < -0.3 is 25.4 Å². The molecule has 9 heteroatoms. The first-order chi connectivity index (χ1) is 18.9. The third-order valence-corrected chi connectivity index (χ3v) is 7.87. The average molecular weight is 526 g/mol. The molecule has 0 aliphatic carbocycles. The smallest absolute Gasteiger partial charge is 0.169 e. The summed E-state index contributed by atoms with van der Waals surface area (Å²) in [6.07, 6.45) is 4.09. The van der Waals surface area contributed by atoms with Crippen molar-refractivity contribution in [2.24, 2.45) is 0 Å². The number of piperazine rings is 1. The Balaban J connectivity index is 1.17. The number of morpholine rings is 1. The van der Waals surface area contributed by atoms with Crippen molar-refractivity contribution in [3.63, 3.8) is 0 Å². The number of hydrogen-bond donors (Lipinski definition) is 2. The van der Waals surface area contributed by atoms with Gasteiger partial charge in [-0.05, 0) is 62.9 Å². The lowest BCUT2D eigenvalue weighted by Gasteiger charge is -2.43. The number of para-hydroxylation sites is 1. The van der Waals surface area contributed by atoms with E-state index in [-0.39, 0.29) is 11.4 Å². The van der Waals surface area contributed by atoms with Crippen molar-refractivity contribution in [1.29, 1.82) is 0 Å². The minimum Gasteiger partial charge on any atom is -0.507 e. The van der Waals surface area contributed by atoms with Crippen molar-refractivity contribution in [1.82, 2.24) is 20.1 Å². The normalized spacial score (nSPS) is 22.4. The largest absolute Gasteiger partial charge is 0.507 e. The van der Waals surface area contributed by atoms with Gasteiger partial charge in [0, 0.05) is 55.7 Å². The van der Waals surface area contributed by atoms with E-state index in [4.69, 9.17) is 10.5 Å². The molecule has 5 heterocycles. The Morgan fingerprint density at radius 3 is 2.67 bits per heavy atom. The van der Waals surface area contributed by atoms with Gasteiger partial charge in [0.15, 0.2) is 5.82 Å². The Labute approximate surface area is 229 Å². The van der Waals surface area contributed by atoms with Gasteiger partial charge in [-0.15, -0.1) is 10.2 Å². The maximum absolute atomic E-state index is 10.3. The van der Waals surface area contributed by atoms with Gasteiger partial charge in [0.2, 0.25) is 0 Å². The van der Waals surface area contributed by atoms with Crippen LogP contribution < -0.4 is 15.5 Å². The Hall–Kier alpha value is -3.87. The number of anilines is 3. The molecule has 0 saturated carbocycles. The minimum absolute atomic E-state index is 0.124. The van der Waals surface area contributed by atoms with Gasteiger partial charge >= 0.3 is 0 Å². The van der Waals surface area contributed by atoms with E-state index in [1.54, 1.807) is 12.1 Å². The van der Waals surface area contributed by atoms with Crippen molar-refractivity contribution < 1.29 is 9.84 Å². The van der Waals surface area contributed by atoms with Crippen LogP contribution in [0.2, 0.25) is 0 Å². The van der Waals surface area contributed by atoms with Crippen LogP contribution in [0.15, 0.2) is 48.7 Å². The maximum atomic E-state index is 10.3. The lowest BCUT2D eigenvalue weighted by atomic mass is 10.1. The summed E-state index contributed by atoms with van der Waals surface area (Å²) < 4.78 is 5.81. The van der Waals surface area contributed by atoms with Crippen LogP contribution in [0.3, 0.4) is 0 Å². The molecule has 39 heavy (non-hydrogen) atoms. The van der Waals surface area contributed by atoms with Gasteiger partial charge in [0.1, 0.15) is 11.4 Å². The quantitative estimate of drug-likeness (QED) is 0.497. The van der Waals surface area contributed by atoms with Gasteiger partial charge in [0.25, 0.3) is 0 Å². The molecule has 3 aromatic rings. The second kappa shape index (κ2) is 10.4. The van der Waals surface area contributed by atoms with Crippen LogP contribution in [0.5, 0.6) is 5.75 Å².